The van der Waals surface area contributed by atoms with E-state index in [4.69, 9.17) is 5.84 Å². The molecule has 0 aliphatic carbocycles. The second-order valence-corrected chi connectivity index (χ2v) is 4.81. The van der Waals surface area contributed by atoms with Crippen LogP contribution in [-0.4, -0.2) is 26.4 Å². The van der Waals surface area contributed by atoms with Gasteiger partial charge in [0.25, 0.3) is 0 Å². The van der Waals surface area contributed by atoms with E-state index >= 15 is 0 Å². The molecule has 2 aromatic rings. The third-order valence-electron chi connectivity index (χ3n) is 2.48. The van der Waals surface area contributed by atoms with E-state index in [0.29, 0.717) is 13.0 Å². The number of hydrogen-bond donors (Lipinski definition) is 3. The second-order valence-electron chi connectivity index (χ2n) is 3.83. The van der Waals surface area contributed by atoms with Gasteiger partial charge in [-0.05, 0) is 6.92 Å². The molecule has 0 saturated carbocycles. The van der Waals surface area contributed by atoms with Crippen molar-refractivity contribution in [1.82, 2.24) is 15.0 Å². The summed E-state index contributed by atoms with van der Waals surface area (Å²) in [5.74, 6) is 5.51. The topological polar surface area (TPSA) is 132 Å². The molecular weight excluding hydrogens is 282 g/mol. The van der Waals surface area contributed by atoms with E-state index in [1.807, 2.05) is 5.38 Å². The molecule has 2 heterocycles. The average Bonchev–Trinajstić information content (AvgIpc) is 2.90. The molecule has 0 unspecified atom stereocenters. The fourth-order valence-corrected chi connectivity index (χ4v) is 2.26. The van der Waals surface area contributed by atoms with E-state index in [0.717, 1.165) is 5.01 Å². The predicted octanol–water partition coefficient (Wildman–Crippen LogP) is 1.09. The van der Waals surface area contributed by atoms with Gasteiger partial charge in [0, 0.05) is 24.5 Å². The van der Waals surface area contributed by atoms with Crippen molar-refractivity contribution in [3.63, 3.8) is 0 Å². The van der Waals surface area contributed by atoms with Crippen LogP contribution in [0.2, 0.25) is 0 Å². The highest BCUT2D eigenvalue weighted by Gasteiger charge is 2.21. The second kappa shape index (κ2) is 6.21. The lowest BCUT2D eigenvalue weighted by Gasteiger charge is -2.08. The molecule has 0 spiro atoms. The van der Waals surface area contributed by atoms with Crippen molar-refractivity contribution in [2.75, 3.05) is 17.3 Å². The number of aryl methyl sites for hydroxylation is 1. The molecule has 2 aromatic heterocycles. The van der Waals surface area contributed by atoms with Crippen molar-refractivity contribution in [2.45, 2.75) is 13.3 Å². The molecule has 20 heavy (non-hydrogen) atoms. The van der Waals surface area contributed by atoms with Crippen LogP contribution in [0.3, 0.4) is 0 Å². The number of nitrogens with one attached hydrogen (secondary N) is 2. The highest BCUT2D eigenvalue weighted by Crippen LogP contribution is 2.26. The zero-order chi connectivity index (χ0) is 14.5. The number of aromatic nitrogens is 3. The third-order valence-corrected chi connectivity index (χ3v) is 3.32. The number of rotatable bonds is 6. The van der Waals surface area contributed by atoms with Gasteiger partial charge in [-0.2, -0.15) is 4.98 Å². The Morgan fingerprint density at radius 1 is 1.50 bits per heavy atom. The van der Waals surface area contributed by atoms with Crippen LogP contribution in [0.25, 0.3) is 0 Å². The summed E-state index contributed by atoms with van der Waals surface area (Å²) in [7, 11) is 0. The number of nitrogens with two attached hydrogens (primary N) is 1. The number of hydrogen-bond acceptors (Lipinski definition) is 9. The van der Waals surface area contributed by atoms with E-state index in [9.17, 15) is 10.1 Å². The van der Waals surface area contributed by atoms with Crippen molar-refractivity contribution < 1.29 is 4.92 Å². The molecule has 2 rings (SSSR count). The zero-order valence-corrected chi connectivity index (χ0v) is 11.5. The van der Waals surface area contributed by atoms with Gasteiger partial charge in [-0.25, -0.2) is 15.8 Å². The Labute approximate surface area is 118 Å². The molecule has 0 aromatic carbocycles. The van der Waals surface area contributed by atoms with Crippen molar-refractivity contribution >= 4 is 28.8 Å². The molecule has 0 saturated heterocycles. The maximum Gasteiger partial charge on any atom is 0.332 e. The summed E-state index contributed by atoms with van der Waals surface area (Å²) >= 11 is 1.53. The number of nitrogens with zero attached hydrogens (tertiary/aromatic N) is 4. The molecule has 0 fully saturated rings. The van der Waals surface area contributed by atoms with Gasteiger partial charge in [0.05, 0.1) is 9.93 Å². The Balaban J connectivity index is 2.16. The minimum absolute atomic E-state index is 0.129. The molecule has 10 heteroatoms. The molecule has 0 atom stereocenters. The molecule has 0 radical (unpaired) electrons. The van der Waals surface area contributed by atoms with E-state index in [1.54, 1.807) is 6.20 Å². The highest BCUT2D eigenvalue weighted by atomic mass is 32.1. The number of nitrogen functional groups attached to an aromatic ring is 1. The van der Waals surface area contributed by atoms with Crippen molar-refractivity contribution in [2.24, 2.45) is 5.84 Å². The first-order valence-corrected chi connectivity index (χ1v) is 6.61. The fourth-order valence-electron chi connectivity index (χ4n) is 1.64. The molecule has 0 aliphatic heterocycles. The quantitative estimate of drug-likeness (QED) is 0.410. The van der Waals surface area contributed by atoms with Gasteiger partial charge in [-0.1, -0.05) is 0 Å². The van der Waals surface area contributed by atoms with Gasteiger partial charge >= 0.3 is 5.69 Å². The van der Waals surface area contributed by atoms with Gasteiger partial charge in [-0.3, -0.25) is 15.5 Å². The molecule has 0 bridgehead atoms. The Kier molecular flexibility index (Phi) is 4.38. The van der Waals surface area contributed by atoms with Crippen molar-refractivity contribution in [3.8, 4) is 0 Å². The molecule has 0 aliphatic rings. The number of anilines is 2. The highest BCUT2D eigenvalue weighted by molar-refractivity contribution is 7.09. The van der Waals surface area contributed by atoms with E-state index in [-0.39, 0.29) is 23.1 Å². The summed E-state index contributed by atoms with van der Waals surface area (Å²) in [5.41, 5.74) is 2.38. The summed E-state index contributed by atoms with van der Waals surface area (Å²) in [6, 6.07) is 0. The molecule has 106 valence electrons. The normalized spacial score (nSPS) is 10.3. The molecule has 9 nitrogen and oxygen atoms in total. The molecule has 4 N–H and O–H groups in total. The predicted molar refractivity (Wildman–Crippen MR) is 75.5 cm³/mol. The van der Waals surface area contributed by atoms with Gasteiger partial charge < -0.3 is 5.32 Å². The summed E-state index contributed by atoms with van der Waals surface area (Å²) in [5, 5.41) is 16.8. The first-order valence-electron chi connectivity index (χ1n) is 5.73. The van der Waals surface area contributed by atoms with Crippen LogP contribution >= 0.6 is 11.3 Å². The monoisotopic (exact) mass is 295 g/mol. The lowest BCUT2D eigenvalue weighted by molar-refractivity contribution is -0.385. The Morgan fingerprint density at radius 2 is 2.30 bits per heavy atom. The Bertz CT molecular complexity index is 602. The van der Waals surface area contributed by atoms with E-state index in [2.05, 4.69) is 25.7 Å². The number of nitro groups is 1. The van der Waals surface area contributed by atoms with E-state index in [1.165, 1.54) is 18.3 Å². The summed E-state index contributed by atoms with van der Waals surface area (Å²) in [6.07, 6.45) is 2.37. The SMILES string of the molecule is Cc1nc(NN)nc(NCCc2nccs2)c1[N+](=O)[O-]. The smallest absolute Gasteiger partial charge is 0.332 e. The number of thiazole rings is 1. The van der Waals surface area contributed by atoms with Gasteiger partial charge in [-0.15, -0.1) is 11.3 Å². The lowest BCUT2D eigenvalue weighted by atomic mass is 10.3. The minimum Gasteiger partial charge on any atom is -0.364 e. The minimum atomic E-state index is -0.513. The lowest BCUT2D eigenvalue weighted by Crippen LogP contribution is -2.15. The van der Waals surface area contributed by atoms with Crippen LogP contribution in [0.4, 0.5) is 17.5 Å². The van der Waals surface area contributed by atoms with Crippen molar-refractivity contribution in [3.05, 3.63) is 32.4 Å². The molecular formula is C10H13N7O2S. The summed E-state index contributed by atoms with van der Waals surface area (Å²) < 4.78 is 0. The van der Waals surface area contributed by atoms with Crippen LogP contribution in [0.1, 0.15) is 10.7 Å². The van der Waals surface area contributed by atoms with Gasteiger partial charge in [0.1, 0.15) is 5.69 Å². The summed E-state index contributed by atoms with van der Waals surface area (Å²) in [4.78, 5) is 22.5. The van der Waals surface area contributed by atoms with Crippen LogP contribution in [0, 0.1) is 17.0 Å². The van der Waals surface area contributed by atoms with Gasteiger partial charge in [0.2, 0.25) is 11.8 Å². The van der Waals surface area contributed by atoms with Crippen LogP contribution in [-0.2, 0) is 6.42 Å². The summed E-state index contributed by atoms with van der Waals surface area (Å²) in [6.45, 7) is 2.02. The van der Waals surface area contributed by atoms with Gasteiger partial charge in [0.15, 0.2) is 0 Å². The van der Waals surface area contributed by atoms with Crippen LogP contribution < -0.4 is 16.6 Å². The van der Waals surface area contributed by atoms with Crippen LogP contribution in [0.15, 0.2) is 11.6 Å². The van der Waals surface area contributed by atoms with E-state index < -0.39 is 4.92 Å². The Hall–Kier alpha value is -2.33. The first kappa shape index (κ1) is 14.1. The molecule has 0 amide bonds. The van der Waals surface area contributed by atoms with Crippen LogP contribution in [0.5, 0.6) is 0 Å². The maximum absolute atomic E-state index is 11.1. The average molecular weight is 295 g/mol. The van der Waals surface area contributed by atoms with Crippen molar-refractivity contribution in [1.29, 1.82) is 0 Å². The standard InChI is InChI=1S/C10H13N7O2S/c1-6-8(17(18)19)9(15-10(14-6)16-11)13-3-2-7-12-4-5-20-7/h4-5H,2-3,11H2,1H3,(H2,13,14,15,16). The Morgan fingerprint density at radius 3 is 2.90 bits per heavy atom. The zero-order valence-electron chi connectivity index (χ0n) is 10.7. The third kappa shape index (κ3) is 3.16. The fraction of sp³-hybridized carbons (Fsp3) is 0.300. The first-order chi connectivity index (χ1) is 9.61. The largest absolute Gasteiger partial charge is 0.364 e. The maximum atomic E-state index is 11.1. The number of hydrazine groups is 1.